The van der Waals surface area contributed by atoms with Crippen LogP contribution < -0.4 is 20.3 Å². The number of likely N-dealkylation sites (tertiary alicyclic amines) is 1. The van der Waals surface area contributed by atoms with E-state index in [1.54, 1.807) is 16.9 Å². The zero-order chi connectivity index (χ0) is 36.6. The smallest absolute Gasteiger partial charge is 0.412 e. The number of unbranched alkanes of at least 4 members (excludes halogenated alkanes) is 2. The molecule has 1 heterocycles. The fourth-order valence-electron chi connectivity index (χ4n) is 6.60. The van der Waals surface area contributed by atoms with E-state index in [9.17, 15) is 19.5 Å². The lowest BCUT2D eigenvalue weighted by molar-refractivity contribution is -0.130. The van der Waals surface area contributed by atoms with Crippen LogP contribution in [0.15, 0.2) is 72.8 Å². The number of nitrogens with one attached hydrogen (secondary N) is 2. The summed E-state index contributed by atoms with van der Waals surface area (Å²) in [4.78, 5) is 45.7. The molecule has 11 nitrogen and oxygen atoms in total. The van der Waals surface area contributed by atoms with Crippen LogP contribution in [-0.4, -0.2) is 118 Å². The highest BCUT2D eigenvalue weighted by Gasteiger charge is 2.30. The van der Waals surface area contributed by atoms with Gasteiger partial charge in [0.05, 0.1) is 18.4 Å². The fourth-order valence-corrected chi connectivity index (χ4v) is 6.60. The molecule has 3 aromatic carbocycles. The Bertz CT molecular complexity index is 1550. The minimum atomic E-state index is -0.931. The van der Waals surface area contributed by atoms with Gasteiger partial charge in [0.1, 0.15) is 5.75 Å². The van der Waals surface area contributed by atoms with Crippen molar-refractivity contribution in [2.75, 3.05) is 84.3 Å². The van der Waals surface area contributed by atoms with Crippen LogP contribution in [0.3, 0.4) is 0 Å². The van der Waals surface area contributed by atoms with Crippen LogP contribution in [-0.2, 0) is 4.79 Å². The maximum atomic E-state index is 12.9. The highest BCUT2D eigenvalue weighted by Crippen LogP contribution is 2.34. The average Bonchev–Trinajstić information content (AvgIpc) is 3.15. The Morgan fingerprint density at radius 3 is 2.29 bits per heavy atom. The molecule has 0 bridgehead atoms. The molecule has 3 N–H and O–H groups in total. The summed E-state index contributed by atoms with van der Waals surface area (Å²) in [7, 11) is 7.15. The lowest BCUT2D eigenvalue weighted by Crippen LogP contribution is -2.48. The SMILES string of the molecule is CNCCCN(C)C(=O)c1ccc(NCCCCCC(=O)N(C)CCN2CCC(N(C(=O)O)c3ccccc3-c3ccccc3)CC2)cc1OC. The first kappa shape index (κ1) is 39.2. The van der Waals surface area contributed by atoms with Crippen molar-refractivity contribution in [3.63, 3.8) is 0 Å². The lowest BCUT2D eigenvalue weighted by Gasteiger charge is -2.38. The van der Waals surface area contributed by atoms with Gasteiger partial charge in [-0.05, 0) is 69.5 Å². The Morgan fingerprint density at radius 1 is 0.863 bits per heavy atom. The zero-order valence-corrected chi connectivity index (χ0v) is 30.8. The van der Waals surface area contributed by atoms with Crippen molar-refractivity contribution in [2.45, 2.75) is 51.0 Å². The van der Waals surface area contributed by atoms with E-state index in [2.05, 4.69) is 15.5 Å². The van der Waals surface area contributed by atoms with Crippen molar-refractivity contribution >= 4 is 29.3 Å². The fraction of sp³-hybridized carbons (Fsp3) is 0.475. The van der Waals surface area contributed by atoms with E-state index in [-0.39, 0.29) is 17.9 Å². The van der Waals surface area contributed by atoms with Gasteiger partial charge in [-0.2, -0.15) is 0 Å². The van der Waals surface area contributed by atoms with Crippen molar-refractivity contribution in [1.82, 2.24) is 20.0 Å². The Kier molecular flexibility index (Phi) is 15.6. The van der Waals surface area contributed by atoms with Gasteiger partial charge in [-0.1, -0.05) is 55.0 Å². The number of ether oxygens (including phenoxy) is 1. The van der Waals surface area contributed by atoms with Crippen molar-refractivity contribution in [3.05, 3.63) is 78.4 Å². The molecule has 0 saturated carbocycles. The Morgan fingerprint density at radius 2 is 1.59 bits per heavy atom. The summed E-state index contributed by atoms with van der Waals surface area (Å²) in [5.41, 5.74) is 4.08. The number of nitrogens with zero attached hydrogens (tertiary/aromatic N) is 4. The molecule has 0 unspecified atom stereocenters. The van der Waals surface area contributed by atoms with Crippen LogP contribution in [0.1, 0.15) is 55.3 Å². The van der Waals surface area contributed by atoms with E-state index in [1.165, 1.54) is 0 Å². The monoisotopic (exact) mass is 700 g/mol. The molecular formula is C40H56N6O5. The van der Waals surface area contributed by atoms with Crippen LogP contribution in [0.5, 0.6) is 5.75 Å². The van der Waals surface area contributed by atoms with Crippen molar-refractivity contribution in [1.29, 1.82) is 0 Å². The summed E-state index contributed by atoms with van der Waals surface area (Å²) in [5, 5.41) is 16.8. The topological polar surface area (TPSA) is 118 Å². The predicted octanol–water partition coefficient (Wildman–Crippen LogP) is 6.12. The van der Waals surface area contributed by atoms with E-state index in [0.717, 1.165) is 93.8 Å². The predicted molar refractivity (Wildman–Crippen MR) is 205 cm³/mol. The third-order valence-electron chi connectivity index (χ3n) is 9.65. The Balaban J connectivity index is 1.14. The molecule has 1 fully saturated rings. The van der Waals surface area contributed by atoms with Crippen molar-refractivity contribution < 1.29 is 24.2 Å². The summed E-state index contributed by atoms with van der Waals surface area (Å²) in [5.74, 6) is 0.640. The third-order valence-corrected chi connectivity index (χ3v) is 9.65. The van der Waals surface area contributed by atoms with Crippen LogP contribution >= 0.6 is 0 Å². The third kappa shape index (κ3) is 11.5. The second-order valence-corrected chi connectivity index (χ2v) is 13.3. The molecule has 1 saturated heterocycles. The van der Waals surface area contributed by atoms with Crippen LogP contribution in [0.4, 0.5) is 16.2 Å². The van der Waals surface area contributed by atoms with Crippen molar-refractivity contribution in [2.24, 2.45) is 0 Å². The number of hydrogen-bond acceptors (Lipinski definition) is 7. The molecule has 0 atom stereocenters. The molecular weight excluding hydrogens is 644 g/mol. The molecule has 3 amide bonds. The largest absolute Gasteiger partial charge is 0.496 e. The van der Waals surface area contributed by atoms with E-state index in [0.29, 0.717) is 30.8 Å². The standard InChI is InChI=1S/C40H56N6O5/c1-41-23-13-25-44(3)39(48)35-20-19-32(30-37(35)51-4)42-24-12-6-9-18-38(47)43(2)28-29-45-26-21-33(22-27-45)46(40(49)50)36-17-11-10-16-34(36)31-14-7-5-8-15-31/h5,7-8,10-11,14-17,19-20,30,33,41-42H,6,9,12-13,18,21-29H2,1-4H3,(H,49,50). The van der Waals surface area contributed by atoms with E-state index in [4.69, 9.17) is 4.74 Å². The molecule has 0 aliphatic carbocycles. The van der Waals surface area contributed by atoms with Crippen LogP contribution in [0.2, 0.25) is 0 Å². The number of carbonyl (C=O) groups is 3. The second-order valence-electron chi connectivity index (χ2n) is 13.3. The summed E-state index contributed by atoms with van der Waals surface area (Å²) in [6.45, 7) is 5.28. The summed E-state index contributed by atoms with van der Waals surface area (Å²) >= 11 is 0. The minimum absolute atomic E-state index is 0.0579. The van der Waals surface area contributed by atoms with Gasteiger partial charge in [0.25, 0.3) is 5.91 Å². The number of likely N-dealkylation sites (N-methyl/N-ethyl adjacent to an activating group) is 1. The molecule has 0 aromatic heterocycles. The molecule has 4 rings (SSSR count). The van der Waals surface area contributed by atoms with Gasteiger partial charge in [0.15, 0.2) is 0 Å². The molecule has 3 aromatic rings. The van der Waals surface area contributed by atoms with E-state index < -0.39 is 6.09 Å². The van der Waals surface area contributed by atoms with Gasteiger partial charge >= 0.3 is 6.09 Å². The maximum Gasteiger partial charge on any atom is 0.412 e. The number of benzene rings is 3. The summed E-state index contributed by atoms with van der Waals surface area (Å²) in [6.07, 6.45) is 4.62. The van der Waals surface area contributed by atoms with Crippen LogP contribution in [0, 0.1) is 0 Å². The van der Waals surface area contributed by atoms with E-state index in [1.807, 2.05) is 98.8 Å². The van der Waals surface area contributed by atoms with Gasteiger partial charge < -0.3 is 35.2 Å². The first-order valence-corrected chi connectivity index (χ1v) is 18.2. The molecule has 276 valence electrons. The first-order chi connectivity index (χ1) is 24.7. The van der Waals surface area contributed by atoms with Gasteiger partial charge in [0, 0.05) is 83.1 Å². The highest BCUT2D eigenvalue weighted by atomic mass is 16.5. The first-order valence-electron chi connectivity index (χ1n) is 18.2. The van der Waals surface area contributed by atoms with Gasteiger partial charge in [-0.15, -0.1) is 0 Å². The number of amides is 3. The maximum absolute atomic E-state index is 12.9. The lowest BCUT2D eigenvalue weighted by atomic mass is 9.98. The number of carbonyl (C=O) groups excluding carboxylic acids is 2. The zero-order valence-electron chi connectivity index (χ0n) is 30.8. The molecule has 1 aliphatic heterocycles. The van der Waals surface area contributed by atoms with E-state index >= 15 is 0 Å². The summed E-state index contributed by atoms with van der Waals surface area (Å²) < 4.78 is 5.52. The Hall–Kier alpha value is -4.61. The minimum Gasteiger partial charge on any atom is -0.496 e. The molecule has 51 heavy (non-hydrogen) atoms. The normalized spacial score (nSPS) is 13.4. The quantitative estimate of drug-likeness (QED) is 0.128. The molecule has 0 spiro atoms. The van der Waals surface area contributed by atoms with Gasteiger partial charge in [-0.3, -0.25) is 14.5 Å². The number of methoxy groups -OCH3 is 1. The summed E-state index contributed by atoms with van der Waals surface area (Å²) in [6, 6.07) is 23.1. The second kappa shape index (κ2) is 20.3. The van der Waals surface area contributed by atoms with Gasteiger partial charge in [0.2, 0.25) is 5.91 Å². The molecule has 11 heteroatoms. The molecule has 0 radical (unpaired) electrons. The highest BCUT2D eigenvalue weighted by molar-refractivity contribution is 5.97. The number of rotatable bonds is 19. The number of anilines is 2. The van der Waals surface area contributed by atoms with Crippen molar-refractivity contribution in [3.8, 4) is 16.9 Å². The number of para-hydroxylation sites is 1. The van der Waals surface area contributed by atoms with Gasteiger partial charge in [-0.25, -0.2) is 4.79 Å². The number of hydrogen-bond donors (Lipinski definition) is 3. The van der Waals surface area contributed by atoms with Crippen LogP contribution in [0.25, 0.3) is 11.1 Å². The average molecular weight is 701 g/mol. The Labute approximate surface area is 303 Å². The number of carboxylic acid groups (broad SMARTS) is 1. The number of piperidine rings is 1. The molecule has 1 aliphatic rings.